The number of unbranched alkanes of at least 4 members (excludes halogenated alkanes) is 14. The van der Waals surface area contributed by atoms with Gasteiger partial charge in [-0.2, -0.15) is 8.42 Å². The van der Waals surface area contributed by atoms with Crippen molar-refractivity contribution in [1.82, 2.24) is 0 Å². The lowest BCUT2D eigenvalue weighted by atomic mass is 10.0. The molecule has 0 fully saturated rings. The summed E-state index contributed by atoms with van der Waals surface area (Å²) in [4.78, 5) is 23.8. The van der Waals surface area contributed by atoms with Crippen LogP contribution in [0.25, 0.3) is 0 Å². The van der Waals surface area contributed by atoms with Crippen LogP contribution in [-0.4, -0.2) is 36.1 Å². The molecule has 0 heterocycles. The van der Waals surface area contributed by atoms with Gasteiger partial charge in [0, 0.05) is 0 Å². The predicted molar refractivity (Wildman–Crippen MR) is 147 cm³/mol. The molecule has 0 amide bonds. The van der Waals surface area contributed by atoms with Crippen LogP contribution in [0.5, 0.6) is 0 Å². The maximum absolute atomic E-state index is 12.9. The molecule has 0 aliphatic rings. The normalized spacial score (nSPS) is 12.4. The van der Waals surface area contributed by atoms with Crippen LogP contribution in [0.15, 0.2) is 23.1 Å². The molecule has 1 unspecified atom stereocenters. The molecule has 8 heteroatoms. The van der Waals surface area contributed by atoms with Crippen molar-refractivity contribution in [3.05, 3.63) is 29.3 Å². The number of esters is 1. The fraction of sp³-hybridized carbons (Fsp3) is 0.724. The van der Waals surface area contributed by atoms with Crippen LogP contribution in [0.2, 0.25) is 0 Å². The zero-order valence-electron chi connectivity index (χ0n) is 22.9. The Hall–Kier alpha value is -1.93. The monoisotopic (exact) mass is 540 g/mol. The maximum atomic E-state index is 12.9. The summed E-state index contributed by atoms with van der Waals surface area (Å²) >= 11 is 0. The van der Waals surface area contributed by atoms with Crippen molar-refractivity contribution in [2.75, 3.05) is 0 Å². The first kappa shape index (κ1) is 33.1. The van der Waals surface area contributed by atoms with Gasteiger partial charge in [-0.3, -0.25) is 4.55 Å². The first-order chi connectivity index (χ1) is 17.7. The Kier molecular flexibility index (Phi) is 17.2. The van der Waals surface area contributed by atoms with Crippen molar-refractivity contribution in [2.24, 2.45) is 0 Å². The first-order valence-corrected chi connectivity index (χ1v) is 15.7. The molecule has 1 aromatic rings. The van der Waals surface area contributed by atoms with Crippen molar-refractivity contribution in [1.29, 1.82) is 0 Å². The number of hydrogen-bond acceptors (Lipinski definition) is 5. The highest BCUT2D eigenvalue weighted by Crippen LogP contribution is 2.23. The fourth-order valence-electron chi connectivity index (χ4n) is 4.63. The summed E-state index contributed by atoms with van der Waals surface area (Å²) in [6.07, 6.45) is 20.2. The van der Waals surface area contributed by atoms with Crippen molar-refractivity contribution in [3.8, 4) is 0 Å². The molecule has 0 bridgehead atoms. The van der Waals surface area contributed by atoms with Crippen molar-refractivity contribution < 1.29 is 32.4 Å². The predicted octanol–water partition coefficient (Wildman–Crippen LogP) is 8.22. The van der Waals surface area contributed by atoms with Gasteiger partial charge < -0.3 is 9.84 Å². The number of rotatable bonds is 22. The van der Waals surface area contributed by atoms with Gasteiger partial charge in [-0.25, -0.2) is 9.59 Å². The summed E-state index contributed by atoms with van der Waals surface area (Å²) in [5.41, 5.74) is -1.13. The molecular formula is C29H48O7S. The molecule has 0 saturated carbocycles. The Labute approximate surface area is 224 Å². The van der Waals surface area contributed by atoms with Crippen LogP contribution < -0.4 is 0 Å². The highest BCUT2D eigenvalue weighted by Gasteiger charge is 2.28. The number of carbonyl (C=O) groups excluding carboxylic acids is 1. The molecule has 0 spiro atoms. The maximum Gasteiger partial charge on any atom is 0.339 e. The number of ether oxygens (including phenoxy) is 1. The third kappa shape index (κ3) is 14.0. The third-order valence-corrected chi connectivity index (χ3v) is 7.67. The van der Waals surface area contributed by atoms with E-state index in [1.807, 2.05) is 0 Å². The highest BCUT2D eigenvalue weighted by molar-refractivity contribution is 7.86. The summed E-state index contributed by atoms with van der Waals surface area (Å²) in [5, 5.41) is 9.52. The van der Waals surface area contributed by atoms with Crippen molar-refractivity contribution in [3.63, 3.8) is 0 Å². The van der Waals surface area contributed by atoms with E-state index in [1.165, 1.54) is 76.3 Å². The largest absolute Gasteiger partial charge is 0.478 e. The van der Waals surface area contributed by atoms with E-state index in [1.54, 1.807) is 0 Å². The van der Waals surface area contributed by atoms with Crippen LogP contribution in [-0.2, 0) is 14.9 Å². The zero-order valence-corrected chi connectivity index (χ0v) is 23.7. The highest BCUT2D eigenvalue weighted by atomic mass is 32.2. The van der Waals surface area contributed by atoms with E-state index in [9.17, 15) is 27.7 Å². The molecule has 0 aliphatic carbocycles. The molecule has 1 aromatic carbocycles. The number of carbonyl (C=O) groups is 2. The van der Waals surface area contributed by atoms with Gasteiger partial charge in [0.15, 0.2) is 0 Å². The van der Waals surface area contributed by atoms with Gasteiger partial charge in [0.1, 0.15) is 11.0 Å². The molecule has 0 aliphatic heterocycles. The Balaban J connectivity index is 2.52. The molecular weight excluding hydrogens is 492 g/mol. The number of benzene rings is 1. The Bertz CT molecular complexity index is 896. The summed E-state index contributed by atoms with van der Waals surface area (Å²) in [7, 11) is -4.81. The number of aromatic carboxylic acids is 1. The van der Waals surface area contributed by atoms with E-state index >= 15 is 0 Å². The molecule has 2 N–H and O–H groups in total. The molecule has 1 atom stereocenters. The van der Waals surface area contributed by atoms with Gasteiger partial charge in [0.05, 0.1) is 11.1 Å². The van der Waals surface area contributed by atoms with E-state index in [4.69, 9.17) is 4.74 Å². The van der Waals surface area contributed by atoms with Crippen LogP contribution in [0.4, 0.5) is 0 Å². The lowest BCUT2D eigenvalue weighted by Gasteiger charge is -2.19. The standard InChI is InChI=1S/C29H48O7S/c1-3-5-7-8-9-10-11-12-13-14-15-16-18-21-24(20-17-6-4-2)36-29(32)25-22-19-23-26(37(33,34)35)27(25)28(30)31/h19,22-24H,3-18,20-21H2,1-2H3,(H,30,31)(H,33,34,35). The second-order valence-corrected chi connectivity index (χ2v) is 11.4. The molecule has 37 heavy (non-hydrogen) atoms. The fourth-order valence-corrected chi connectivity index (χ4v) is 5.33. The van der Waals surface area contributed by atoms with E-state index in [0.717, 1.165) is 44.6 Å². The minimum absolute atomic E-state index is 0.359. The molecule has 1 rings (SSSR count). The van der Waals surface area contributed by atoms with Crippen LogP contribution in [0, 0.1) is 0 Å². The van der Waals surface area contributed by atoms with Crippen molar-refractivity contribution >= 4 is 22.1 Å². The smallest absolute Gasteiger partial charge is 0.339 e. The Morgan fingerprint density at radius 1 is 0.757 bits per heavy atom. The molecule has 0 saturated heterocycles. The molecule has 7 nitrogen and oxygen atoms in total. The molecule has 0 radical (unpaired) electrons. The van der Waals surface area contributed by atoms with Gasteiger partial charge in [0.2, 0.25) is 0 Å². The number of hydrogen-bond donors (Lipinski definition) is 2. The van der Waals surface area contributed by atoms with E-state index in [-0.39, 0.29) is 11.7 Å². The van der Waals surface area contributed by atoms with Crippen LogP contribution in [0.1, 0.15) is 150 Å². The van der Waals surface area contributed by atoms with Gasteiger partial charge in [0.25, 0.3) is 10.1 Å². The average Bonchev–Trinajstić information content (AvgIpc) is 2.85. The molecule has 212 valence electrons. The summed E-state index contributed by atoms with van der Waals surface area (Å²) < 4.78 is 38.3. The minimum Gasteiger partial charge on any atom is -0.478 e. The topological polar surface area (TPSA) is 118 Å². The SMILES string of the molecule is CCCCCCCCCCCCCCCC(CCCCC)OC(=O)c1cccc(S(=O)(=O)O)c1C(=O)O. The second-order valence-electron chi connectivity index (χ2n) is 10.0. The quantitative estimate of drug-likeness (QED) is 0.0864. The van der Waals surface area contributed by atoms with E-state index in [2.05, 4.69) is 13.8 Å². The van der Waals surface area contributed by atoms with Crippen molar-refractivity contribution in [2.45, 2.75) is 140 Å². The lowest BCUT2D eigenvalue weighted by molar-refractivity contribution is 0.0243. The minimum atomic E-state index is -4.81. The second kappa shape index (κ2) is 19.2. The van der Waals surface area contributed by atoms with Gasteiger partial charge in [-0.15, -0.1) is 0 Å². The van der Waals surface area contributed by atoms with Crippen LogP contribution >= 0.6 is 0 Å². The first-order valence-electron chi connectivity index (χ1n) is 14.3. The van der Waals surface area contributed by atoms with Gasteiger partial charge in [-0.05, 0) is 37.8 Å². The Morgan fingerprint density at radius 2 is 1.19 bits per heavy atom. The molecule has 0 aromatic heterocycles. The summed E-state index contributed by atoms with van der Waals surface area (Å²) in [5.74, 6) is -2.49. The Morgan fingerprint density at radius 3 is 1.65 bits per heavy atom. The summed E-state index contributed by atoms with van der Waals surface area (Å²) in [6, 6.07) is 3.40. The number of carboxylic acid groups (broad SMARTS) is 1. The van der Waals surface area contributed by atoms with Gasteiger partial charge in [-0.1, -0.05) is 110 Å². The lowest BCUT2D eigenvalue weighted by Crippen LogP contribution is -2.22. The zero-order chi connectivity index (χ0) is 27.5. The van der Waals surface area contributed by atoms with Crippen LogP contribution in [0.3, 0.4) is 0 Å². The van der Waals surface area contributed by atoms with E-state index in [0.29, 0.717) is 12.8 Å². The number of carboxylic acids is 1. The van der Waals surface area contributed by atoms with E-state index < -0.39 is 32.5 Å². The summed E-state index contributed by atoms with van der Waals surface area (Å²) in [6.45, 7) is 4.33. The average molecular weight is 541 g/mol. The third-order valence-electron chi connectivity index (χ3n) is 6.77. The van der Waals surface area contributed by atoms with Gasteiger partial charge >= 0.3 is 11.9 Å².